The van der Waals surface area contributed by atoms with Gasteiger partial charge in [-0.15, -0.1) is 11.8 Å². The van der Waals surface area contributed by atoms with Gasteiger partial charge >= 0.3 is 0 Å². The quantitative estimate of drug-likeness (QED) is 0.609. The highest BCUT2D eigenvalue weighted by atomic mass is 32.2. The molecule has 0 amide bonds. The Kier molecular flexibility index (Phi) is 5.21. The number of hydrogen-bond donors (Lipinski definition) is 1. The van der Waals surface area contributed by atoms with Crippen molar-refractivity contribution in [3.63, 3.8) is 0 Å². The molecule has 1 nitrogen and oxygen atoms in total. The summed E-state index contributed by atoms with van der Waals surface area (Å²) < 4.78 is 0. The first-order valence-electron chi connectivity index (χ1n) is 8.18. The lowest BCUT2D eigenvalue weighted by Gasteiger charge is -2.29. The second-order valence-electron chi connectivity index (χ2n) is 6.18. The molecule has 0 bridgehead atoms. The van der Waals surface area contributed by atoms with Gasteiger partial charge in [-0.3, -0.25) is 0 Å². The van der Waals surface area contributed by atoms with E-state index in [0.717, 1.165) is 24.3 Å². The standard InChI is InChI=1S/C19H25NS/c1-15-6-2-5-9-19(15)20-12-13-21-18-11-10-16-7-3-4-8-17(16)14-18/h3-4,7-8,10-11,14-15,19-20H,2,5-6,9,12-13H2,1H3. The Morgan fingerprint density at radius 3 is 2.71 bits per heavy atom. The molecule has 2 aromatic carbocycles. The number of rotatable bonds is 5. The fourth-order valence-electron chi connectivity index (χ4n) is 3.29. The third kappa shape index (κ3) is 4.02. The highest BCUT2D eigenvalue weighted by molar-refractivity contribution is 7.99. The van der Waals surface area contributed by atoms with Gasteiger partial charge in [0.25, 0.3) is 0 Å². The number of fused-ring (bicyclic) bond motifs is 1. The van der Waals surface area contributed by atoms with Crippen molar-refractivity contribution in [1.82, 2.24) is 5.32 Å². The molecule has 0 aliphatic heterocycles. The molecule has 1 aliphatic carbocycles. The maximum Gasteiger partial charge on any atom is 0.0106 e. The molecule has 112 valence electrons. The van der Waals surface area contributed by atoms with Crippen molar-refractivity contribution in [3.8, 4) is 0 Å². The van der Waals surface area contributed by atoms with Crippen LogP contribution in [-0.2, 0) is 0 Å². The fraction of sp³-hybridized carbons (Fsp3) is 0.474. The molecule has 0 aromatic heterocycles. The molecule has 0 radical (unpaired) electrons. The van der Waals surface area contributed by atoms with E-state index in [9.17, 15) is 0 Å². The zero-order valence-electron chi connectivity index (χ0n) is 12.8. The highest BCUT2D eigenvalue weighted by Gasteiger charge is 2.19. The first-order chi connectivity index (χ1) is 10.3. The molecule has 21 heavy (non-hydrogen) atoms. The maximum atomic E-state index is 3.76. The van der Waals surface area contributed by atoms with Gasteiger partial charge in [-0.2, -0.15) is 0 Å². The summed E-state index contributed by atoms with van der Waals surface area (Å²) in [6.07, 6.45) is 5.59. The molecule has 2 aromatic rings. The predicted molar refractivity (Wildman–Crippen MR) is 94.1 cm³/mol. The molecule has 1 fully saturated rings. The van der Waals surface area contributed by atoms with Crippen LogP contribution in [0.4, 0.5) is 0 Å². The molecule has 0 spiro atoms. The smallest absolute Gasteiger partial charge is 0.0106 e. The van der Waals surface area contributed by atoms with Crippen molar-refractivity contribution in [2.24, 2.45) is 5.92 Å². The van der Waals surface area contributed by atoms with Gasteiger partial charge in [0.05, 0.1) is 0 Å². The van der Waals surface area contributed by atoms with Crippen LogP contribution in [0.3, 0.4) is 0 Å². The van der Waals surface area contributed by atoms with Crippen molar-refractivity contribution in [2.45, 2.75) is 43.5 Å². The van der Waals surface area contributed by atoms with E-state index in [1.54, 1.807) is 0 Å². The number of thioether (sulfide) groups is 1. The molecule has 3 rings (SSSR count). The van der Waals surface area contributed by atoms with E-state index in [1.165, 1.54) is 41.4 Å². The Morgan fingerprint density at radius 1 is 1.05 bits per heavy atom. The third-order valence-electron chi connectivity index (χ3n) is 4.61. The van der Waals surface area contributed by atoms with Crippen molar-refractivity contribution in [1.29, 1.82) is 0 Å². The monoisotopic (exact) mass is 299 g/mol. The lowest BCUT2D eigenvalue weighted by Crippen LogP contribution is -2.38. The van der Waals surface area contributed by atoms with Crippen molar-refractivity contribution in [2.75, 3.05) is 12.3 Å². The van der Waals surface area contributed by atoms with E-state index < -0.39 is 0 Å². The van der Waals surface area contributed by atoms with Crippen LogP contribution in [0, 0.1) is 5.92 Å². The summed E-state index contributed by atoms with van der Waals surface area (Å²) in [5.74, 6) is 2.01. The van der Waals surface area contributed by atoms with Crippen LogP contribution in [0.25, 0.3) is 10.8 Å². The van der Waals surface area contributed by atoms with E-state index in [1.807, 2.05) is 11.8 Å². The Morgan fingerprint density at radius 2 is 1.86 bits per heavy atom. The van der Waals surface area contributed by atoms with Crippen LogP contribution < -0.4 is 5.32 Å². The van der Waals surface area contributed by atoms with Crippen LogP contribution in [0.2, 0.25) is 0 Å². The summed E-state index contributed by atoms with van der Waals surface area (Å²) in [5, 5.41) is 6.43. The summed E-state index contributed by atoms with van der Waals surface area (Å²) in [5.41, 5.74) is 0. The Labute approximate surface area is 132 Å². The maximum absolute atomic E-state index is 3.76. The van der Waals surface area contributed by atoms with Gasteiger partial charge in [-0.1, -0.05) is 50.1 Å². The molecular formula is C19H25NS. The van der Waals surface area contributed by atoms with Gasteiger partial charge in [0.1, 0.15) is 0 Å². The lowest BCUT2D eigenvalue weighted by atomic mass is 9.86. The second-order valence-corrected chi connectivity index (χ2v) is 7.35. The zero-order chi connectivity index (χ0) is 14.5. The summed E-state index contributed by atoms with van der Waals surface area (Å²) in [7, 11) is 0. The van der Waals surface area contributed by atoms with E-state index in [-0.39, 0.29) is 0 Å². The highest BCUT2D eigenvalue weighted by Crippen LogP contribution is 2.25. The van der Waals surface area contributed by atoms with Gasteiger partial charge in [-0.25, -0.2) is 0 Å². The van der Waals surface area contributed by atoms with Crippen LogP contribution >= 0.6 is 11.8 Å². The van der Waals surface area contributed by atoms with Gasteiger partial charge < -0.3 is 5.32 Å². The van der Waals surface area contributed by atoms with Gasteiger partial charge in [0, 0.05) is 23.2 Å². The fourth-order valence-corrected chi connectivity index (χ4v) is 4.12. The summed E-state index contributed by atoms with van der Waals surface area (Å²) in [6, 6.07) is 16.1. The van der Waals surface area contributed by atoms with E-state index >= 15 is 0 Å². The third-order valence-corrected chi connectivity index (χ3v) is 5.61. The van der Waals surface area contributed by atoms with Crippen molar-refractivity contribution >= 4 is 22.5 Å². The first kappa shape index (κ1) is 14.9. The molecule has 1 aliphatic rings. The Hall–Kier alpha value is -0.990. The normalized spacial score (nSPS) is 22.5. The van der Waals surface area contributed by atoms with Crippen LogP contribution in [-0.4, -0.2) is 18.3 Å². The Bertz CT molecular complexity index is 581. The first-order valence-corrected chi connectivity index (χ1v) is 9.16. The minimum atomic E-state index is 0.746. The minimum Gasteiger partial charge on any atom is -0.313 e. The number of benzene rings is 2. The zero-order valence-corrected chi connectivity index (χ0v) is 13.7. The van der Waals surface area contributed by atoms with Crippen molar-refractivity contribution in [3.05, 3.63) is 42.5 Å². The average molecular weight is 299 g/mol. The van der Waals surface area contributed by atoms with E-state index in [0.29, 0.717) is 0 Å². The van der Waals surface area contributed by atoms with E-state index in [4.69, 9.17) is 0 Å². The van der Waals surface area contributed by atoms with E-state index in [2.05, 4.69) is 54.7 Å². The molecule has 1 N–H and O–H groups in total. The molecule has 2 atom stereocenters. The molecule has 0 heterocycles. The summed E-state index contributed by atoms with van der Waals surface area (Å²) in [4.78, 5) is 1.38. The van der Waals surface area contributed by atoms with Gasteiger partial charge in [0.15, 0.2) is 0 Å². The largest absolute Gasteiger partial charge is 0.313 e. The minimum absolute atomic E-state index is 0.746. The number of hydrogen-bond acceptors (Lipinski definition) is 2. The lowest BCUT2D eigenvalue weighted by molar-refractivity contribution is 0.285. The number of nitrogens with one attached hydrogen (secondary N) is 1. The van der Waals surface area contributed by atoms with Gasteiger partial charge in [0.2, 0.25) is 0 Å². The average Bonchev–Trinajstić information content (AvgIpc) is 2.53. The van der Waals surface area contributed by atoms with Gasteiger partial charge in [-0.05, 0) is 41.7 Å². The molecule has 0 saturated heterocycles. The Balaban J connectivity index is 1.48. The van der Waals surface area contributed by atoms with Crippen LogP contribution in [0.1, 0.15) is 32.6 Å². The molecular weight excluding hydrogens is 274 g/mol. The summed E-state index contributed by atoms with van der Waals surface area (Å²) in [6.45, 7) is 3.51. The van der Waals surface area contributed by atoms with Crippen molar-refractivity contribution < 1.29 is 0 Å². The van der Waals surface area contributed by atoms with Crippen LogP contribution in [0.15, 0.2) is 47.4 Å². The SMILES string of the molecule is CC1CCCCC1NCCSc1ccc2ccccc2c1. The van der Waals surface area contributed by atoms with Crippen LogP contribution in [0.5, 0.6) is 0 Å². The topological polar surface area (TPSA) is 12.0 Å². The second kappa shape index (κ2) is 7.33. The summed E-state index contributed by atoms with van der Waals surface area (Å²) >= 11 is 1.96. The molecule has 2 heteroatoms. The predicted octanol–water partition coefficient (Wildman–Crippen LogP) is 5.10. The molecule has 2 unspecified atom stereocenters. The molecule has 1 saturated carbocycles.